The minimum absolute atomic E-state index is 0.460. The first kappa shape index (κ1) is 12.9. The fourth-order valence-electron chi connectivity index (χ4n) is 2.35. The van der Waals surface area contributed by atoms with E-state index in [4.69, 9.17) is 4.74 Å². The molecule has 0 aromatic heterocycles. The van der Waals surface area contributed by atoms with Crippen molar-refractivity contribution in [3.63, 3.8) is 0 Å². The van der Waals surface area contributed by atoms with E-state index in [9.17, 15) is 0 Å². The molecule has 0 aliphatic carbocycles. The van der Waals surface area contributed by atoms with Crippen molar-refractivity contribution >= 4 is 11.8 Å². The summed E-state index contributed by atoms with van der Waals surface area (Å²) < 4.78 is 5.31. The molecule has 0 fully saturated rings. The Morgan fingerprint density at radius 1 is 1.47 bits per heavy atom. The molecule has 1 atom stereocenters. The van der Waals surface area contributed by atoms with Crippen LogP contribution < -0.4 is 5.32 Å². The van der Waals surface area contributed by atoms with Gasteiger partial charge in [0.25, 0.3) is 0 Å². The Balaban J connectivity index is 2.18. The minimum atomic E-state index is 0.460. The number of likely N-dealkylation sites (N-methyl/N-ethyl adjacent to an activating group) is 1. The van der Waals surface area contributed by atoms with Crippen LogP contribution in [-0.2, 0) is 11.2 Å². The molecule has 1 N–H and O–H groups in total. The van der Waals surface area contributed by atoms with Crippen molar-refractivity contribution in [1.82, 2.24) is 5.32 Å². The van der Waals surface area contributed by atoms with Crippen molar-refractivity contribution in [2.45, 2.75) is 23.7 Å². The maximum absolute atomic E-state index is 5.31. The van der Waals surface area contributed by atoms with E-state index in [1.807, 2.05) is 18.8 Å². The number of fused-ring (bicyclic) bond motifs is 1. The summed E-state index contributed by atoms with van der Waals surface area (Å²) in [4.78, 5) is 1.47. The van der Waals surface area contributed by atoms with E-state index in [2.05, 4.69) is 23.5 Å². The molecule has 0 amide bonds. The van der Waals surface area contributed by atoms with Gasteiger partial charge in [-0.3, -0.25) is 0 Å². The van der Waals surface area contributed by atoms with Gasteiger partial charge < -0.3 is 10.1 Å². The number of thioether (sulfide) groups is 1. The second-order valence-electron chi connectivity index (χ2n) is 4.53. The molecule has 1 aromatic rings. The van der Waals surface area contributed by atoms with Crippen LogP contribution in [0.1, 0.15) is 23.5 Å². The highest BCUT2D eigenvalue weighted by atomic mass is 32.2. The molecule has 2 rings (SSSR count). The highest BCUT2D eigenvalue weighted by molar-refractivity contribution is 7.99. The van der Waals surface area contributed by atoms with E-state index in [-0.39, 0.29) is 0 Å². The zero-order valence-electron chi connectivity index (χ0n) is 10.7. The van der Waals surface area contributed by atoms with Gasteiger partial charge in [-0.15, -0.1) is 11.8 Å². The molecule has 1 unspecified atom stereocenters. The monoisotopic (exact) mass is 251 g/mol. The normalized spacial score (nSPS) is 16.6. The predicted octanol–water partition coefficient (Wildman–Crippen LogP) is 2.67. The molecule has 0 radical (unpaired) electrons. The fraction of sp³-hybridized carbons (Fsp3) is 0.571. The van der Waals surface area contributed by atoms with Crippen LogP contribution in [0, 0.1) is 0 Å². The number of rotatable bonds is 5. The average molecular weight is 251 g/mol. The predicted molar refractivity (Wildman–Crippen MR) is 74.0 cm³/mol. The van der Waals surface area contributed by atoms with Crippen molar-refractivity contribution in [3.8, 4) is 0 Å². The zero-order valence-corrected chi connectivity index (χ0v) is 11.5. The maximum atomic E-state index is 5.31. The van der Waals surface area contributed by atoms with Crippen molar-refractivity contribution in [2.75, 3.05) is 33.1 Å². The number of methoxy groups -OCH3 is 1. The Labute approximate surface area is 108 Å². The lowest BCUT2D eigenvalue weighted by Crippen LogP contribution is -2.21. The second-order valence-corrected chi connectivity index (χ2v) is 5.67. The molecule has 1 aliphatic heterocycles. The van der Waals surface area contributed by atoms with E-state index in [1.54, 1.807) is 7.11 Å². The first-order chi connectivity index (χ1) is 8.35. The molecule has 2 nitrogen and oxygen atoms in total. The molecule has 1 heterocycles. The Bertz CT molecular complexity index is 361. The second kappa shape index (κ2) is 6.43. The van der Waals surface area contributed by atoms with Crippen molar-refractivity contribution < 1.29 is 4.74 Å². The van der Waals surface area contributed by atoms with Crippen LogP contribution >= 0.6 is 11.8 Å². The third-order valence-corrected chi connectivity index (χ3v) is 4.42. The van der Waals surface area contributed by atoms with E-state index in [0.717, 1.165) is 13.2 Å². The van der Waals surface area contributed by atoms with Crippen LogP contribution in [-0.4, -0.2) is 33.1 Å². The Hall–Kier alpha value is -0.510. The standard InChI is InChI=1S/C14H21NOS/c1-15-9-13(10-16-2)11-5-6-14-12(8-11)4-3-7-17-14/h5-6,8,13,15H,3-4,7,9-10H2,1-2H3. The van der Waals surface area contributed by atoms with Crippen LogP contribution in [0.5, 0.6) is 0 Å². The Morgan fingerprint density at radius 3 is 3.12 bits per heavy atom. The molecule has 0 bridgehead atoms. The van der Waals surface area contributed by atoms with E-state index < -0.39 is 0 Å². The van der Waals surface area contributed by atoms with Gasteiger partial charge in [0.05, 0.1) is 6.61 Å². The van der Waals surface area contributed by atoms with Crippen LogP contribution in [0.25, 0.3) is 0 Å². The summed E-state index contributed by atoms with van der Waals surface area (Å²) in [7, 11) is 3.77. The van der Waals surface area contributed by atoms with Crippen LogP contribution in [0.3, 0.4) is 0 Å². The third-order valence-electron chi connectivity index (χ3n) is 3.22. The van der Waals surface area contributed by atoms with Gasteiger partial charge in [-0.25, -0.2) is 0 Å². The number of hydrogen-bond acceptors (Lipinski definition) is 3. The van der Waals surface area contributed by atoms with Crippen LogP contribution in [0.2, 0.25) is 0 Å². The highest BCUT2D eigenvalue weighted by Crippen LogP contribution is 2.32. The SMILES string of the molecule is CNCC(COC)c1ccc2c(c1)CCCS2. The molecule has 0 spiro atoms. The summed E-state index contributed by atoms with van der Waals surface area (Å²) in [5, 5.41) is 3.25. The molecule has 1 aromatic carbocycles. The molecular weight excluding hydrogens is 230 g/mol. The van der Waals surface area contributed by atoms with Gasteiger partial charge in [0.1, 0.15) is 0 Å². The van der Waals surface area contributed by atoms with Gasteiger partial charge in [-0.2, -0.15) is 0 Å². The smallest absolute Gasteiger partial charge is 0.0543 e. The van der Waals surface area contributed by atoms with Crippen molar-refractivity contribution in [3.05, 3.63) is 29.3 Å². The molecule has 1 aliphatic rings. The van der Waals surface area contributed by atoms with E-state index in [1.165, 1.54) is 34.6 Å². The first-order valence-electron chi connectivity index (χ1n) is 6.24. The average Bonchev–Trinajstić information content (AvgIpc) is 2.38. The lowest BCUT2D eigenvalue weighted by Gasteiger charge is -2.20. The summed E-state index contributed by atoms with van der Waals surface area (Å²) in [5.41, 5.74) is 2.93. The van der Waals surface area contributed by atoms with Crippen LogP contribution in [0.4, 0.5) is 0 Å². The fourth-order valence-corrected chi connectivity index (χ4v) is 3.37. The zero-order chi connectivity index (χ0) is 12.1. The summed E-state index contributed by atoms with van der Waals surface area (Å²) in [5.74, 6) is 1.73. The molecule has 0 saturated carbocycles. The third kappa shape index (κ3) is 3.24. The summed E-state index contributed by atoms with van der Waals surface area (Å²) in [6.07, 6.45) is 2.54. The van der Waals surface area contributed by atoms with Crippen molar-refractivity contribution in [2.24, 2.45) is 0 Å². The highest BCUT2D eigenvalue weighted by Gasteiger charge is 2.15. The van der Waals surface area contributed by atoms with Gasteiger partial charge in [0.15, 0.2) is 0 Å². The van der Waals surface area contributed by atoms with Gasteiger partial charge in [0, 0.05) is 24.5 Å². The Kier molecular flexibility index (Phi) is 4.89. The minimum Gasteiger partial charge on any atom is -0.384 e. The van der Waals surface area contributed by atoms with Crippen molar-refractivity contribution in [1.29, 1.82) is 0 Å². The van der Waals surface area contributed by atoms with E-state index >= 15 is 0 Å². The van der Waals surface area contributed by atoms with Gasteiger partial charge >= 0.3 is 0 Å². The number of benzene rings is 1. The molecule has 94 valence electrons. The lowest BCUT2D eigenvalue weighted by atomic mass is 9.96. The number of ether oxygens (including phenoxy) is 1. The quantitative estimate of drug-likeness (QED) is 0.869. The van der Waals surface area contributed by atoms with Gasteiger partial charge in [-0.1, -0.05) is 12.1 Å². The lowest BCUT2D eigenvalue weighted by molar-refractivity contribution is 0.178. The topological polar surface area (TPSA) is 21.3 Å². The molecule has 3 heteroatoms. The molecular formula is C14H21NOS. The van der Waals surface area contributed by atoms with Gasteiger partial charge in [-0.05, 0) is 42.8 Å². The summed E-state index contributed by atoms with van der Waals surface area (Å²) >= 11 is 1.99. The maximum Gasteiger partial charge on any atom is 0.0543 e. The van der Waals surface area contributed by atoms with Gasteiger partial charge in [0.2, 0.25) is 0 Å². The number of nitrogens with one attached hydrogen (secondary N) is 1. The first-order valence-corrected chi connectivity index (χ1v) is 7.23. The van der Waals surface area contributed by atoms with Crippen LogP contribution in [0.15, 0.2) is 23.1 Å². The molecule has 0 saturated heterocycles. The van der Waals surface area contributed by atoms with E-state index in [0.29, 0.717) is 5.92 Å². The summed E-state index contributed by atoms with van der Waals surface area (Å²) in [6, 6.07) is 6.92. The Morgan fingerprint density at radius 2 is 2.35 bits per heavy atom. The molecule has 17 heavy (non-hydrogen) atoms. The number of hydrogen-bond donors (Lipinski definition) is 1. The number of aryl methyl sites for hydroxylation is 1. The largest absolute Gasteiger partial charge is 0.384 e. The summed E-state index contributed by atoms with van der Waals surface area (Å²) in [6.45, 7) is 1.76.